The highest BCUT2D eigenvalue weighted by Crippen LogP contribution is 2.27. The van der Waals surface area contributed by atoms with Crippen LogP contribution in [-0.2, 0) is 20.7 Å². The molecule has 6 heteroatoms. The van der Waals surface area contributed by atoms with Crippen molar-refractivity contribution in [1.29, 1.82) is 0 Å². The van der Waals surface area contributed by atoms with Crippen molar-refractivity contribution in [3.05, 3.63) is 33.8 Å². The lowest BCUT2D eigenvalue weighted by Gasteiger charge is -2.23. The molecule has 4 nitrogen and oxygen atoms in total. The zero-order valence-electron chi connectivity index (χ0n) is 11.8. The van der Waals surface area contributed by atoms with E-state index in [0.717, 1.165) is 6.42 Å². The Morgan fingerprint density at radius 3 is 2.62 bits per heavy atom. The van der Waals surface area contributed by atoms with Crippen LogP contribution in [0, 0.1) is 0 Å². The van der Waals surface area contributed by atoms with E-state index in [2.05, 4.69) is 0 Å². The van der Waals surface area contributed by atoms with Crippen LogP contribution in [-0.4, -0.2) is 36.0 Å². The van der Waals surface area contributed by atoms with Crippen LogP contribution in [0.3, 0.4) is 0 Å². The first-order chi connectivity index (χ1) is 10.0. The second-order valence-electron chi connectivity index (χ2n) is 4.87. The monoisotopic (exact) mass is 329 g/mol. The summed E-state index contributed by atoms with van der Waals surface area (Å²) in [5.74, 6) is -0.492. The Kier molecular flexibility index (Phi) is 5.48. The zero-order chi connectivity index (χ0) is 15.4. The highest BCUT2D eigenvalue weighted by molar-refractivity contribution is 6.36. The van der Waals surface area contributed by atoms with E-state index in [4.69, 9.17) is 27.9 Å². The van der Waals surface area contributed by atoms with Crippen LogP contribution >= 0.6 is 23.2 Å². The first-order valence-electron chi connectivity index (χ1n) is 6.93. The van der Waals surface area contributed by atoms with Crippen LogP contribution in [0.4, 0.5) is 0 Å². The van der Waals surface area contributed by atoms with Gasteiger partial charge in [0.2, 0.25) is 5.91 Å². The second-order valence-corrected chi connectivity index (χ2v) is 5.69. The van der Waals surface area contributed by atoms with E-state index in [-0.39, 0.29) is 18.3 Å². The Hall–Kier alpha value is -1.26. The minimum atomic E-state index is -0.487. The molecule has 0 spiro atoms. The topological polar surface area (TPSA) is 46.6 Å². The van der Waals surface area contributed by atoms with Gasteiger partial charge in [0.1, 0.15) is 6.04 Å². The van der Waals surface area contributed by atoms with Crippen LogP contribution in [0.1, 0.15) is 25.3 Å². The number of esters is 1. The third kappa shape index (κ3) is 3.69. The number of hydrogen-bond donors (Lipinski definition) is 0. The maximum atomic E-state index is 12.4. The van der Waals surface area contributed by atoms with Gasteiger partial charge in [-0.1, -0.05) is 29.3 Å². The highest BCUT2D eigenvalue weighted by Gasteiger charge is 2.35. The van der Waals surface area contributed by atoms with Gasteiger partial charge < -0.3 is 9.64 Å². The third-order valence-electron chi connectivity index (χ3n) is 3.52. The minimum absolute atomic E-state index is 0.0917. The normalized spacial score (nSPS) is 17.9. The van der Waals surface area contributed by atoms with Crippen LogP contribution in [0.15, 0.2) is 18.2 Å². The van der Waals surface area contributed by atoms with E-state index < -0.39 is 6.04 Å². The van der Waals surface area contributed by atoms with Crippen molar-refractivity contribution in [3.63, 3.8) is 0 Å². The number of rotatable bonds is 4. The van der Waals surface area contributed by atoms with Gasteiger partial charge in [0, 0.05) is 16.6 Å². The lowest BCUT2D eigenvalue weighted by molar-refractivity contribution is -0.152. The molecular weight excluding hydrogens is 313 g/mol. The van der Waals surface area contributed by atoms with E-state index >= 15 is 0 Å². The molecule has 1 heterocycles. The molecule has 1 amide bonds. The summed E-state index contributed by atoms with van der Waals surface area (Å²) in [6.07, 6.45) is 1.53. The van der Waals surface area contributed by atoms with Crippen molar-refractivity contribution in [2.45, 2.75) is 32.2 Å². The van der Waals surface area contributed by atoms with Crippen molar-refractivity contribution >= 4 is 35.1 Å². The molecule has 0 aromatic heterocycles. The van der Waals surface area contributed by atoms with Crippen LogP contribution < -0.4 is 0 Å². The van der Waals surface area contributed by atoms with Gasteiger partial charge in [0.05, 0.1) is 13.0 Å². The van der Waals surface area contributed by atoms with E-state index in [0.29, 0.717) is 35.2 Å². The average molecular weight is 330 g/mol. The molecule has 1 aromatic rings. The Morgan fingerprint density at radius 1 is 1.33 bits per heavy atom. The van der Waals surface area contributed by atoms with Gasteiger partial charge in [-0.05, 0) is 37.5 Å². The van der Waals surface area contributed by atoms with Gasteiger partial charge in [-0.15, -0.1) is 0 Å². The molecule has 114 valence electrons. The summed E-state index contributed by atoms with van der Waals surface area (Å²) < 4.78 is 5.02. The molecule has 1 aliphatic rings. The number of carbonyl (C=O) groups is 2. The fraction of sp³-hybridized carbons (Fsp3) is 0.467. The van der Waals surface area contributed by atoms with Crippen molar-refractivity contribution in [1.82, 2.24) is 4.90 Å². The van der Waals surface area contributed by atoms with Crippen molar-refractivity contribution < 1.29 is 14.3 Å². The smallest absolute Gasteiger partial charge is 0.328 e. The lowest BCUT2D eigenvalue weighted by atomic mass is 10.1. The average Bonchev–Trinajstić information content (AvgIpc) is 2.92. The van der Waals surface area contributed by atoms with Crippen LogP contribution in [0.25, 0.3) is 0 Å². The highest BCUT2D eigenvalue weighted by atomic mass is 35.5. The summed E-state index contributed by atoms with van der Waals surface area (Å²) in [5, 5.41) is 0.922. The fourth-order valence-electron chi connectivity index (χ4n) is 2.50. The molecule has 1 aromatic carbocycles. The van der Waals surface area contributed by atoms with Crippen LogP contribution in [0.2, 0.25) is 10.0 Å². The summed E-state index contributed by atoms with van der Waals surface area (Å²) in [6.45, 7) is 2.63. The standard InChI is InChI=1S/C15H17Cl2NO3/c1-2-21-15(20)13-7-4-8-18(13)14(19)9-10-11(16)5-3-6-12(10)17/h3,5-6,13H,2,4,7-9H2,1H3. The largest absolute Gasteiger partial charge is 0.464 e. The molecule has 2 rings (SSSR count). The SMILES string of the molecule is CCOC(=O)C1CCCN1C(=O)Cc1c(Cl)cccc1Cl. The molecule has 1 fully saturated rings. The van der Waals surface area contributed by atoms with E-state index in [1.807, 2.05) is 0 Å². The molecule has 1 saturated heterocycles. The molecule has 1 atom stereocenters. The molecule has 0 aliphatic carbocycles. The Labute approximate surface area is 134 Å². The maximum absolute atomic E-state index is 12.4. The number of carbonyl (C=O) groups excluding carboxylic acids is 2. The summed E-state index contributed by atoms with van der Waals surface area (Å²) >= 11 is 12.2. The summed E-state index contributed by atoms with van der Waals surface area (Å²) in [7, 11) is 0. The zero-order valence-corrected chi connectivity index (χ0v) is 13.3. The van der Waals surface area contributed by atoms with Gasteiger partial charge in [-0.2, -0.15) is 0 Å². The molecule has 1 unspecified atom stereocenters. The van der Waals surface area contributed by atoms with Gasteiger partial charge >= 0.3 is 5.97 Å². The minimum Gasteiger partial charge on any atom is -0.464 e. The number of halogens is 2. The predicted molar refractivity (Wildman–Crippen MR) is 81.5 cm³/mol. The number of likely N-dealkylation sites (tertiary alicyclic amines) is 1. The number of hydrogen-bond acceptors (Lipinski definition) is 3. The molecule has 0 N–H and O–H groups in total. The van der Waals surface area contributed by atoms with E-state index in [9.17, 15) is 9.59 Å². The number of nitrogens with zero attached hydrogens (tertiary/aromatic N) is 1. The molecule has 0 saturated carbocycles. The molecule has 0 bridgehead atoms. The fourth-order valence-corrected chi connectivity index (χ4v) is 3.03. The Bertz CT molecular complexity index is 527. The van der Waals surface area contributed by atoms with E-state index in [1.165, 1.54) is 0 Å². The number of benzene rings is 1. The molecule has 0 radical (unpaired) electrons. The van der Waals surface area contributed by atoms with Crippen molar-refractivity contribution in [2.24, 2.45) is 0 Å². The summed E-state index contributed by atoms with van der Waals surface area (Å²) in [6, 6.07) is 4.64. The van der Waals surface area contributed by atoms with E-state index in [1.54, 1.807) is 30.0 Å². The van der Waals surface area contributed by atoms with Gasteiger partial charge in [0.25, 0.3) is 0 Å². The quantitative estimate of drug-likeness (QED) is 0.797. The summed E-state index contributed by atoms with van der Waals surface area (Å²) in [5.41, 5.74) is 0.598. The Morgan fingerprint density at radius 2 is 2.00 bits per heavy atom. The van der Waals surface area contributed by atoms with Gasteiger partial charge in [-0.25, -0.2) is 4.79 Å². The van der Waals surface area contributed by atoms with Gasteiger partial charge in [0.15, 0.2) is 0 Å². The second kappa shape index (κ2) is 7.14. The van der Waals surface area contributed by atoms with Crippen molar-refractivity contribution in [3.8, 4) is 0 Å². The van der Waals surface area contributed by atoms with Crippen LogP contribution in [0.5, 0.6) is 0 Å². The third-order valence-corrected chi connectivity index (χ3v) is 4.23. The predicted octanol–water partition coefficient (Wildman–Crippen LogP) is 3.09. The first-order valence-corrected chi connectivity index (χ1v) is 7.69. The summed E-state index contributed by atoms with van der Waals surface area (Å²) in [4.78, 5) is 25.9. The Balaban J connectivity index is 2.11. The number of ether oxygens (including phenoxy) is 1. The molecular formula is C15H17Cl2NO3. The molecule has 1 aliphatic heterocycles. The lowest BCUT2D eigenvalue weighted by Crippen LogP contribution is -2.42. The maximum Gasteiger partial charge on any atom is 0.328 e. The van der Waals surface area contributed by atoms with Gasteiger partial charge in [-0.3, -0.25) is 4.79 Å². The number of amides is 1. The first kappa shape index (κ1) is 16.1. The van der Waals surface area contributed by atoms with Crippen molar-refractivity contribution in [2.75, 3.05) is 13.2 Å². The molecule has 21 heavy (non-hydrogen) atoms.